The number of aliphatic hydroxyl groups is 1. The zero-order valence-electron chi connectivity index (χ0n) is 10.7. The first-order valence-electron chi connectivity index (χ1n) is 5.96. The van der Waals surface area contributed by atoms with Crippen LogP contribution >= 0.6 is 11.6 Å². The summed E-state index contributed by atoms with van der Waals surface area (Å²) in [7, 11) is 0. The summed E-state index contributed by atoms with van der Waals surface area (Å²) in [6.07, 6.45) is 0. The van der Waals surface area contributed by atoms with Gasteiger partial charge >= 0.3 is 0 Å². The van der Waals surface area contributed by atoms with Crippen molar-refractivity contribution in [3.8, 4) is 0 Å². The number of nitrogens with zero attached hydrogens (tertiary/aromatic N) is 1. The van der Waals surface area contributed by atoms with Crippen molar-refractivity contribution in [2.24, 2.45) is 0 Å². The van der Waals surface area contributed by atoms with Crippen LogP contribution in [0.1, 0.15) is 15.9 Å². The Labute approximate surface area is 125 Å². The Morgan fingerprint density at radius 1 is 1.24 bits per heavy atom. The van der Waals surface area contributed by atoms with E-state index in [1.165, 1.54) is 12.1 Å². The van der Waals surface area contributed by atoms with Crippen LogP contribution in [0.25, 0.3) is 0 Å². The van der Waals surface area contributed by atoms with Crippen molar-refractivity contribution in [3.05, 3.63) is 68.7 Å². The zero-order valence-corrected chi connectivity index (χ0v) is 11.5. The number of hydrogen-bond acceptors (Lipinski definition) is 4. The molecule has 0 saturated heterocycles. The summed E-state index contributed by atoms with van der Waals surface area (Å²) in [4.78, 5) is 22.2. The smallest absolute Gasteiger partial charge is 0.271 e. The quantitative estimate of drug-likeness (QED) is 0.671. The first kappa shape index (κ1) is 15.0. The van der Waals surface area contributed by atoms with E-state index in [0.717, 1.165) is 6.07 Å². The van der Waals surface area contributed by atoms with Crippen LogP contribution in [0, 0.1) is 10.1 Å². The Morgan fingerprint density at radius 3 is 2.48 bits per heavy atom. The van der Waals surface area contributed by atoms with Crippen molar-refractivity contribution in [2.75, 3.05) is 5.32 Å². The van der Waals surface area contributed by atoms with E-state index >= 15 is 0 Å². The number of carbonyl (C=O) groups excluding carboxylic acids is 1. The molecule has 0 aromatic heterocycles. The Morgan fingerprint density at radius 2 is 1.90 bits per heavy atom. The highest BCUT2D eigenvalue weighted by Gasteiger charge is 2.14. The minimum absolute atomic E-state index is 0.0886. The highest BCUT2D eigenvalue weighted by Crippen LogP contribution is 2.22. The molecule has 108 valence electrons. The van der Waals surface area contributed by atoms with Gasteiger partial charge in [0, 0.05) is 28.4 Å². The van der Waals surface area contributed by atoms with Crippen molar-refractivity contribution in [3.63, 3.8) is 0 Å². The van der Waals surface area contributed by atoms with E-state index in [9.17, 15) is 14.9 Å². The average molecular weight is 307 g/mol. The summed E-state index contributed by atoms with van der Waals surface area (Å²) >= 11 is 5.77. The number of hydrogen-bond donors (Lipinski definition) is 2. The number of nitro groups is 1. The van der Waals surface area contributed by atoms with Crippen molar-refractivity contribution in [2.45, 2.75) is 6.61 Å². The van der Waals surface area contributed by atoms with Crippen LogP contribution in [-0.4, -0.2) is 15.9 Å². The normalized spacial score (nSPS) is 10.2. The van der Waals surface area contributed by atoms with Gasteiger partial charge in [0.2, 0.25) is 0 Å². The number of rotatable bonds is 4. The topological polar surface area (TPSA) is 92.5 Å². The molecule has 0 aliphatic carbocycles. The van der Waals surface area contributed by atoms with Crippen LogP contribution in [0.2, 0.25) is 5.02 Å². The molecule has 0 aliphatic heterocycles. The van der Waals surface area contributed by atoms with E-state index in [1.807, 2.05) is 0 Å². The third kappa shape index (κ3) is 3.77. The lowest BCUT2D eigenvalue weighted by Crippen LogP contribution is -2.12. The molecule has 0 unspecified atom stereocenters. The number of nitro benzene ring substituents is 1. The number of benzene rings is 2. The average Bonchev–Trinajstić information content (AvgIpc) is 2.47. The van der Waals surface area contributed by atoms with Crippen LogP contribution in [0.5, 0.6) is 0 Å². The maximum absolute atomic E-state index is 12.1. The number of halogens is 1. The van der Waals surface area contributed by atoms with Gasteiger partial charge in [-0.1, -0.05) is 23.7 Å². The second-order valence-corrected chi connectivity index (χ2v) is 4.70. The maximum Gasteiger partial charge on any atom is 0.271 e. The van der Waals surface area contributed by atoms with E-state index in [-0.39, 0.29) is 22.9 Å². The molecule has 0 saturated carbocycles. The SMILES string of the molecule is O=C(Nc1ccc(CO)cc1)c1cc(Cl)cc([N+](=O)[O-])c1. The Hall–Kier alpha value is -2.44. The molecule has 7 heteroatoms. The molecular weight excluding hydrogens is 296 g/mol. The Kier molecular flexibility index (Phi) is 4.52. The molecule has 0 atom stereocenters. The van der Waals surface area contributed by atoms with Gasteiger partial charge in [-0.2, -0.15) is 0 Å². The lowest BCUT2D eigenvalue weighted by molar-refractivity contribution is -0.384. The highest BCUT2D eigenvalue weighted by atomic mass is 35.5. The van der Waals surface area contributed by atoms with Gasteiger partial charge in [0.05, 0.1) is 11.5 Å². The van der Waals surface area contributed by atoms with Crippen molar-refractivity contribution in [1.29, 1.82) is 0 Å². The molecule has 6 nitrogen and oxygen atoms in total. The molecule has 2 N–H and O–H groups in total. The molecule has 2 aromatic carbocycles. The monoisotopic (exact) mass is 306 g/mol. The van der Waals surface area contributed by atoms with E-state index < -0.39 is 10.8 Å². The molecule has 0 fully saturated rings. The summed E-state index contributed by atoms with van der Waals surface area (Å²) in [6, 6.07) is 10.3. The summed E-state index contributed by atoms with van der Waals surface area (Å²) < 4.78 is 0. The van der Waals surface area contributed by atoms with Gasteiger partial charge in [-0.15, -0.1) is 0 Å². The highest BCUT2D eigenvalue weighted by molar-refractivity contribution is 6.31. The Balaban J connectivity index is 2.21. The van der Waals surface area contributed by atoms with E-state index in [2.05, 4.69) is 5.32 Å². The van der Waals surface area contributed by atoms with Gasteiger partial charge in [-0.25, -0.2) is 0 Å². The predicted molar refractivity (Wildman–Crippen MR) is 78.4 cm³/mol. The molecule has 0 bridgehead atoms. The second kappa shape index (κ2) is 6.34. The molecule has 1 amide bonds. The minimum atomic E-state index is -0.612. The van der Waals surface area contributed by atoms with Crippen molar-refractivity contribution >= 4 is 28.9 Å². The number of nitrogens with one attached hydrogen (secondary N) is 1. The van der Waals surface area contributed by atoms with Crippen molar-refractivity contribution in [1.82, 2.24) is 0 Å². The van der Waals surface area contributed by atoms with Gasteiger partial charge in [-0.3, -0.25) is 14.9 Å². The van der Waals surface area contributed by atoms with Crippen LogP contribution in [0.4, 0.5) is 11.4 Å². The van der Waals surface area contributed by atoms with Gasteiger partial charge in [0.1, 0.15) is 0 Å². The maximum atomic E-state index is 12.1. The molecule has 0 aliphatic rings. The summed E-state index contributed by atoms with van der Waals surface area (Å²) in [5.41, 5.74) is 1.08. The largest absolute Gasteiger partial charge is 0.392 e. The minimum Gasteiger partial charge on any atom is -0.392 e. The Bertz CT molecular complexity index is 686. The number of non-ortho nitro benzene ring substituents is 1. The van der Waals surface area contributed by atoms with Crippen LogP contribution in [0.15, 0.2) is 42.5 Å². The fraction of sp³-hybridized carbons (Fsp3) is 0.0714. The van der Waals surface area contributed by atoms with Gasteiger partial charge in [-0.05, 0) is 23.8 Å². The number of anilines is 1. The molecule has 0 heterocycles. The molecule has 2 rings (SSSR count). The van der Waals surface area contributed by atoms with E-state index in [4.69, 9.17) is 16.7 Å². The van der Waals surface area contributed by atoms with Gasteiger partial charge in [0.15, 0.2) is 0 Å². The number of amides is 1. The summed E-state index contributed by atoms with van der Waals surface area (Å²) in [5.74, 6) is -0.502. The molecule has 0 spiro atoms. The standard InChI is InChI=1S/C14H11ClN2O4/c15-11-5-10(6-13(7-11)17(20)21)14(19)16-12-3-1-9(8-18)2-4-12/h1-7,18H,8H2,(H,16,19). The summed E-state index contributed by atoms with van der Waals surface area (Å²) in [6.45, 7) is -0.0886. The van der Waals surface area contributed by atoms with Gasteiger partial charge in [0.25, 0.3) is 11.6 Å². The first-order chi connectivity index (χ1) is 9.99. The zero-order chi connectivity index (χ0) is 15.4. The lowest BCUT2D eigenvalue weighted by atomic mass is 10.1. The molecular formula is C14H11ClN2O4. The third-order valence-corrected chi connectivity index (χ3v) is 2.97. The van der Waals surface area contributed by atoms with Crippen LogP contribution in [-0.2, 0) is 6.61 Å². The van der Waals surface area contributed by atoms with Gasteiger partial charge < -0.3 is 10.4 Å². The van der Waals surface area contributed by atoms with Crippen LogP contribution in [0.3, 0.4) is 0 Å². The summed E-state index contributed by atoms with van der Waals surface area (Å²) in [5, 5.41) is 22.4. The second-order valence-electron chi connectivity index (χ2n) is 4.26. The number of aliphatic hydroxyl groups excluding tert-OH is 1. The number of carbonyl (C=O) groups is 1. The van der Waals surface area contributed by atoms with Crippen LogP contribution < -0.4 is 5.32 Å². The van der Waals surface area contributed by atoms with Crippen molar-refractivity contribution < 1.29 is 14.8 Å². The third-order valence-electron chi connectivity index (χ3n) is 2.75. The molecule has 2 aromatic rings. The van der Waals surface area contributed by atoms with E-state index in [1.54, 1.807) is 24.3 Å². The fourth-order valence-corrected chi connectivity index (χ4v) is 1.94. The molecule has 21 heavy (non-hydrogen) atoms. The fourth-order valence-electron chi connectivity index (χ4n) is 1.71. The predicted octanol–water partition coefficient (Wildman–Crippen LogP) is 2.99. The molecule has 0 radical (unpaired) electrons. The lowest BCUT2D eigenvalue weighted by Gasteiger charge is -2.06. The van der Waals surface area contributed by atoms with E-state index in [0.29, 0.717) is 11.3 Å². The first-order valence-corrected chi connectivity index (χ1v) is 6.33.